The average molecular weight is 411 g/mol. The van der Waals surface area contributed by atoms with Gasteiger partial charge >= 0.3 is 0 Å². The van der Waals surface area contributed by atoms with E-state index in [1.165, 1.54) is 21.7 Å². The second-order valence-electron chi connectivity index (χ2n) is 7.88. The minimum atomic E-state index is 0.0514. The van der Waals surface area contributed by atoms with E-state index in [4.69, 9.17) is 0 Å². The van der Waals surface area contributed by atoms with Crippen molar-refractivity contribution in [2.24, 2.45) is 15.9 Å². The fourth-order valence-electron chi connectivity index (χ4n) is 4.33. The maximum Gasteiger partial charge on any atom is 0.135 e. The van der Waals surface area contributed by atoms with Crippen LogP contribution < -0.4 is 4.72 Å². The van der Waals surface area contributed by atoms with Gasteiger partial charge in [0.05, 0.1) is 18.6 Å². The van der Waals surface area contributed by atoms with Crippen LogP contribution in [0.15, 0.2) is 62.6 Å². The summed E-state index contributed by atoms with van der Waals surface area (Å²) in [4.78, 5) is 12.5. The number of likely N-dealkylation sites (tertiary alicyclic amines) is 1. The minimum absolute atomic E-state index is 0.0514. The number of aliphatic imine (C=N–C) groups is 2. The Balaban J connectivity index is 1.28. The SMILES string of the molecule is Cc1ccc(SNCCCCC(CO)N2C3=CCCC=C3C3C=NC=NC32)cc1. The zero-order valence-electron chi connectivity index (χ0n) is 17.0. The Hall–Kier alpha value is -1.89. The summed E-state index contributed by atoms with van der Waals surface area (Å²) in [5.41, 5.74) is 3.90. The van der Waals surface area contributed by atoms with Gasteiger partial charge in [-0.05, 0) is 62.3 Å². The summed E-state index contributed by atoms with van der Waals surface area (Å²) in [5.74, 6) is 0.230. The Kier molecular flexibility index (Phi) is 6.85. The van der Waals surface area contributed by atoms with Gasteiger partial charge < -0.3 is 10.0 Å². The molecule has 6 heteroatoms. The third-order valence-electron chi connectivity index (χ3n) is 5.82. The van der Waals surface area contributed by atoms with Crippen LogP contribution in [0, 0.1) is 12.8 Å². The smallest absolute Gasteiger partial charge is 0.135 e. The molecule has 3 atom stereocenters. The number of rotatable bonds is 9. The first kappa shape index (κ1) is 20.4. The van der Waals surface area contributed by atoms with Gasteiger partial charge in [0.15, 0.2) is 0 Å². The van der Waals surface area contributed by atoms with E-state index in [0.29, 0.717) is 0 Å². The summed E-state index contributed by atoms with van der Waals surface area (Å²) in [6, 6.07) is 8.68. The third kappa shape index (κ3) is 4.65. The van der Waals surface area contributed by atoms with Crippen molar-refractivity contribution in [2.75, 3.05) is 13.2 Å². The summed E-state index contributed by atoms with van der Waals surface area (Å²) >= 11 is 1.69. The Labute approximate surface area is 177 Å². The lowest BCUT2D eigenvalue weighted by molar-refractivity contribution is 0.123. The average Bonchev–Trinajstić information content (AvgIpc) is 3.09. The van der Waals surface area contributed by atoms with Crippen LogP contribution in [0.25, 0.3) is 0 Å². The molecule has 1 fully saturated rings. The summed E-state index contributed by atoms with van der Waals surface area (Å²) in [6.07, 6.45) is 13.7. The molecule has 0 bridgehead atoms. The Bertz CT molecular complexity index is 815. The van der Waals surface area contributed by atoms with Crippen LogP contribution in [0.1, 0.15) is 37.7 Å². The number of unbranched alkanes of at least 4 members (excludes halogenated alkanes) is 1. The van der Waals surface area contributed by atoms with Crippen LogP contribution in [-0.2, 0) is 0 Å². The molecule has 3 unspecified atom stereocenters. The van der Waals surface area contributed by atoms with Crippen molar-refractivity contribution in [1.82, 2.24) is 9.62 Å². The van der Waals surface area contributed by atoms with E-state index < -0.39 is 0 Å². The van der Waals surface area contributed by atoms with Gasteiger partial charge in [0.1, 0.15) is 12.5 Å². The van der Waals surface area contributed by atoms with Crippen LogP contribution in [-0.4, -0.2) is 47.9 Å². The quantitative estimate of drug-likeness (QED) is 0.475. The van der Waals surface area contributed by atoms with Crippen molar-refractivity contribution in [1.29, 1.82) is 0 Å². The Morgan fingerprint density at radius 1 is 1.21 bits per heavy atom. The first-order chi connectivity index (χ1) is 14.3. The number of allylic oxidation sites excluding steroid dienone is 3. The second-order valence-corrected chi connectivity index (χ2v) is 8.84. The molecule has 2 N–H and O–H groups in total. The molecule has 1 aromatic rings. The zero-order valence-corrected chi connectivity index (χ0v) is 17.8. The van der Waals surface area contributed by atoms with Crippen LogP contribution in [0.2, 0.25) is 0 Å². The molecule has 0 aromatic heterocycles. The van der Waals surface area contributed by atoms with Crippen molar-refractivity contribution >= 4 is 24.5 Å². The van der Waals surface area contributed by atoms with E-state index in [1.807, 2.05) is 6.21 Å². The maximum atomic E-state index is 10.1. The van der Waals surface area contributed by atoms with Crippen LogP contribution in [0.4, 0.5) is 0 Å². The van der Waals surface area contributed by atoms with Gasteiger partial charge in [-0.1, -0.05) is 36.3 Å². The number of nitrogens with zero attached hydrogens (tertiary/aromatic N) is 3. The van der Waals surface area contributed by atoms with Crippen molar-refractivity contribution < 1.29 is 5.11 Å². The molecule has 0 amide bonds. The van der Waals surface area contributed by atoms with Crippen LogP contribution in [0.5, 0.6) is 0 Å². The van der Waals surface area contributed by atoms with Crippen molar-refractivity contribution in [2.45, 2.75) is 56.1 Å². The van der Waals surface area contributed by atoms with E-state index in [-0.39, 0.29) is 24.7 Å². The van der Waals surface area contributed by atoms with E-state index >= 15 is 0 Å². The van der Waals surface area contributed by atoms with Crippen molar-refractivity contribution in [3.05, 3.63) is 53.3 Å². The van der Waals surface area contributed by atoms with Gasteiger partial charge in [0.2, 0.25) is 0 Å². The molecule has 0 saturated carbocycles. The molecule has 4 rings (SSSR count). The minimum Gasteiger partial charge on any atom is -0.394 e. The molecular formula is C23H30N4OS. The highest BCUT2D eigenvalue weighted by molar-refractivity contribution is 7.97. The van der Waals surface area contributed by atoms with Crippen molar-refractivity contribution in [3.63, 3.8) is 0 Å². The molecule has 0 spiro atoms. The molecule has 29 heavy (non-hydrogen) atoms. The Morgan fingerprint density at radius 3 is 2.86 bits per heavy atom. The van der Waals surface area contributed by atoms with Gasteiger partial charge in [-0.25, -0.2) is 9.98 Å². The molecular weight excluding hydrogens is 380 g/mol. The van der Waals surface area contributed by atoms with E-state index in [0.717, 1.165) is 38.6 Å². The lowest BCUT2D eigenvalue weighted by atomic mass is 9.95. The number of aryl methyl sites for hydroxylation is 1. The van der Waals surface area contributed by atoms with Gasteiger partial charge in [0, 0.05) is 23.4 Å². The first-order valence-corrected chi connectivity index (χ1v) is 11.4. The number of benzene rings is 1. The predicted octanol–water partition coefficient (Wildman–Crippen LogP) is 4.10. The third-order valence-corrected chi connectivity index (χ3v) is 6.68. The number of aliphatic hydroxyl groups excluding tert-OH is 1. The largest absolute Gasteiger partial charge is 0.394 e. The summed E-state index contributed by atoms with van der Waals surface area (Å²) < 4.78 is 3.45. The summed E-state index contributed by atoms with van der Waals surface area (Å²) in [6.45, 7) is 3.23. The fraction of sp³-hybridized carbons (Fsp3) is 0.478. The molecule has 1 aliphatic carbocycles. The lowest BCUT2D eigenvalue weighted by Gasteiger charge is -2.34. The number of aliphatic hydroxyl groups is 1. The standard InChI is InChI=1S/C23H30N4OS/c1-17-9-11-19(12-10-17)29-26-13-5-4-6-18(15-28)27-22-8-3-2-7-20(22)21-14-24-16-25-23(21)27/h7-12,14,16,18,21,23,26,28H,2-6,13,15H2,1H3. The normalized spacial score (nSPS) is 23.4. The molecule has 3 aliphatic rings. The monoisotopic (exact) mass is 410 g/mol. The predicted molar refractivity (Wildman–Crippen MR) is 121 cm³/mol. The molecule has 5 nitrogen and oxygen atoms in total. The van der Waals surface area contributed by atoms with Gasteiger partial charge in [-0.3, -0.25) is 4.72 Å². The van der Waals surface area contributed by atoms with E-state index in [9.17, 15) is 5.11 Å². The highest BCUT2D eigenvalue weighted by Gasteiger charge is 2.44. The van der Waals surface area contributed by atoms with Gasteiger partial charge in [-0.15, -0.1) is 0 Å². The van der Waals surface area contributed by atoms with Crippen molar-refractivity contribution in [3.8, 4) is 0 Å². The van der Waals surface area contributed by atoms with Crippen LogP contribution in [0.3, 0.4) is 0 Å². The first-order valence-electron chi connectivity index (χ1n) is 10.6. The number of fused-ring (bicyclic) bond motifs is 3. The summed E-state index contributed by atoms with van der Waals surface area (Å²) in [5, 5.41) is 10.1. The molecule has 2 aliphatic heterocycles. The number of nitrogens with one attached hydrogen (secondary N) is 1. The molecule has 2 heterocycles. The summed E-state index contributed by atoms with van der Waals surface area (Å²) in [7, 11) is 0. The second kappa shape index (κ2) is 9.74. The molecule has 1 saturated heterocycles. The van der Waals surface area contributed by atoms with Gasteiger partial charge in [0.25, 0.3) is 0 Å². The Morgan fingerprint density at radius 2 is 2.03 bits per heavy atom. The highest BCUT2D eigenvalue weighted by atomic mass is 32.2. The van der Waals surface area contributed by atoms with Gasteiger partial charge in [-0.2, -0.15) is 0 Å². The topological polar surface area (TPSA) is 60.2 Å². The number of hydrogen-bond acceptors (Lipinski definition) is 6. The number of hydrogen-bond donors (Lipinski definition) is 2. The molecule has 0 radical (unpaired) electrons. The highest BCUT2D eigenvalue weighted by Crippen LogP contribution is 2.43. The molecule has 154 valence electrons. The van der Waals surface area contributed by atoms with Crippen LogP contribution >= 0.6 is 11.9 Å². The van der Waals surface area contributed by atoms with E-state index in [1.54, 1.807) is 18.3 Å². The fourth-order valence-corrected chi connectivity index (χ4v) is 5.01. The lowest BCUT2D eigenvalue weighted by Crippen LogP contribution is -2.42. The molecule has 1 aromatic carbocycles. The zero-order chi connectivity index (χ0) is 20.1. The van der Waals surface area contributed by atoms with E-state index in [2.05, 4.69) is 62.9 Å². The maximum absolute atomic E-state index is 10.1.